The second-order valence-corrected chi connectivity index (χ2v) is 1.51. The van der Waals surface area contributed by atoms with Crippen molar-refractivity contribution in [1.29, 1.82) is 0 Å². The van der Waals surface area contributed by atoms with Crippen molar-refractivity contribution in [1.82, 2.24) is 0 Å². The minimum absolute atomic E-state index is 0.587. The third-order valence-corrected chi connectivity index (χ3v) is 0.825. The summed E-state index contributed by atoms with van der Waals surface area (Å²) >= 11 is 0. The van der Waals surface area contributed by atoms with Gasteiger partial charge in [0.05, 0.1) is 6.33 Å². The quantitative estimate of drug-likeness (QED) is 0.391. The smallest absolute Gasteiger partial charge is 0.0827 e. The fourth-order valence-electron chi connectivity index (χ4n) is 0.422. The van der Waals surface area contributed by atoms with Crippen molar-refractivity contribution < 1.29 is 4.39 Å². The lowest BCUT2D eigenvalue weighted by atomic mass is 10.3. The Morgan fingerprint density at radius 3 is 2.38 bits per heavy atom. The summed E-state index contributed by atoms with van der Waals surface area (Å²) in [6.45, 7) is 1.96. The van der Waals surface area contributed by atoms with Gasteiger partial charge in [-0.1, -0.05) is 18.2 Å². The lowest BCUT2D eigenvalue weighted by molar-refractivity contribution is 0.713. The Balaban J connectivity index is 2.93. The van der Waals surface area contributed by atoms with Crippen molar-refractivity contribution in [2.45, 2.75) is 19.8 Å². The van der Waals surface area contributed by atoms with Gasteiger partial charge in [-0.05, 0) is 19.8 Å². The molecule has 0 aromatic rings. The van der Waals surface area contributed by atoms with E-state index in [1.165, 1.54) is 6.08 Å². The van der Waals surface area contributed by atoms with Crippen molar-refractivity contribution in [3.8, 4) is 0 Å². The first kappa shape index (κ1) is 7.41. The van der Waals surface area contributed by atoms with Crippen LogP contribution in [-0.4, -0.2) is 0 Å². The third kappa shape index (κ3) is 5.41. The first-order chi connectivity index (χ1) is 3.91. The largest absolute Gasteiger partial charge is 0.216 e. The SMILES string of the molecule is CC=CCCC=CF. The molecule has 0 amide bonds. The van der Waals surface area contributed by atoms with Crippen molar-refractivity contribution in [3.05, 3.63) is 24.6 Å². The molecule has 0 aliphatic heterocycles. The lowest BCUT2D eigenvalue weighted by Gasteiger charge is -1.80. The van der Waals surface area contributed by atoms with E-state index < -0.39 is 0 Å². The topological polar surface area (TPSA) is 0 Å². The van der Waals surface area contributed by atoms with Gasteiger partial charge in [-0.3, -0.25) is 0 Å². The molecule has 0 spiro atoms. The van der Waals surface area contributed by atoms with E-state index in [9.17, 15) is 4.39 Å². The van der Waals surface area contributed by atoms with Crippen molar-refractivity contribution in [2.24, 2.45) is 0 Å². The molecule has 0 aliphatic carbocycles. The third-order valence-electron chi connectivity index (χ3n) is 0.825. The van der Waals surface area contributed by atoms with Crippen LogP contribution in [-0.2, 0) is 0 Å². The van der Waals surface area contributed by atoms with Gasteiger partial charge in [0.1, 0.15) is 0 Å². The van der Waals surface area contributed by atoms with Gasteiger partial charge in [0, 0.05) is 0 Å². The average Bonchev–Trinajstić information content (AvgIpc) is 1.81. The molecule has 0 heterocycles. The fourth-order valence-corrected chi connectivity index (χ4v) is 0.422. The molecule has 8 heavy (non-hydrogen) atoms. The van der Waals surface area contributed by atoms with Crippen molar-refractivity contribution in [3.63, 3.8) is 0 Å². The highest BCUT2D eigenvalue weighted by Gasteiger charge is 1.71. The normalized spacial score (nSPS) is 11.8. The van der Waals surface area contributed by atoms with Crippen molar-refractivity contribution >= 4 is 0 Å². The molecule has 0 N–H and O–H groups in total. The monoisotopic (exact) mass is 114 g/mol. The van der Waals surface area contributed by atoms with E-state index >= 15 is 0 Å². The zero-order chi connectivity index (χ0) is 6.24. The van der Waals surface area contributed by atoms with Crippen LogP contribution < -0.4 is 0 Å². The first-order valence-electron chi connectivity index (χ1n) is 2.78. The molecule has 0 saturated carbocycles. The maximum absolute atomic E-state index is 11.2. The van der Waals surface area contributed by atoms with Gasteiger partial charge >= 0.3 is 0 Å². The average molecular weight is 114 g/mol. The molecule has 46 valence electrons. The van der Waals surface area contributed by atoms with Crippen LogP contribution in [0.25, 0.3) is 0 Å². The molecule has 0 rings (SSSR count). The Kier molecular flexibility index (Phi) is 5.94. The van der Waals surface area contributed by atoms with Crippen LogP contribution >= 0.6 is 0 Å². The van der Waals surface area contributed by atoms with Crippen LogP contribution in [0.2, 0.25) is 0 Å². The summed E-state index contributed by atoms with van der Waals surface area (Å²) in [6.07, 6.45) is 7.83. The van der Waals surface area contributed by atoms with Gasteiger partial charge in [0.25, 0.3) is 0 Å². The minimum atomic E-state index is 0.587. The van der Waals surface area contributed by atoms with E-state index in [1.807, 2.05) is 19.1 Å². The Hall–Kier alpha value is -0.590. The van der Waals surface area contributed by atoms with Crippen LogP contribution in [0.4, 0.5) is 4.39 Å². The molecule has 1 heteroatoms. The highest BCUT2D eigenvalue weighted by Crippen LogP contribution is 1.91. The maximum Gasteiger partial charge on any atom is 0.0827 e. The molecule has 0 aromatic carbocycles. The highest BCUT2D eigenvalue weighted by atomic mass is 19.1. The summed E-state index contributed by atoms with van der Waals surface area (Å²) < 4.78 is 11.2. The summed E-state index contributed by atoms with van der Waals surface area (Å²) in [7, 11) is 0. The van der Waals surface area contributed by atoms with Gasteiger partial charge in [0.2, 0.25) is 0 Å². The van der Waals surface area contributed by atoms with Gasteiger partial charge in [0.15, 0.2) is 0 Å². The Morgan fingerprint density at radius 1 is 1.25 bits per heavy atom. The molecule has 0 aromatic heterocycles. The number of halogens is 1. The molecule has 0 radical (unpaired) electrons. The summed E-state index contributed by atoms with van der Waals surface area (Å²) in [6, 6.07) is 0. The molecule has 0 saturated heterocycles. The standard InChI is InChI=1S/C7H11F/c1-2-3-4-5-6-7-8/h2-3,6-7H,4-5H2,1H3. The zero-order valence-electron chi connectivity index (χ0n) is 5.10. The summed E-state index contributed by atoms with van der Waals surface area (Å²) in [5.41, 5.74) is 0. The van der Waals surface area contributed by atoms with Crippen molar-refractivity contribution in [2.75, 3.05) is 0 Å². The van der Waals surface area contributed by atoms with E-state index in [4.69, 9.17) is 0 Å². The fraction of sp³-hybridized carbons (Fsp3) is 0.429. The Labute approximate surface area is 49.7 Å². The zero-order valence-corrected chi connectivity index (χ0v) is 5.10. The number of unbranched alkanes of at least 4 members (excludes halogenated alkanes) is 1. The van der Waals surface area contributed by atoms with Crippen LogP contribution in [0.3, 0.4) is 0 Å². The number of allylic oxidation sites excluding steroid dienone is 3. The predicted molar refractivity (Wildman–Crippen MR) is 34.3 cm³/mol. The van der Waals surface area contributed by atoms with E-state index in [-0.39, 0.29) is 0 Å². The van der Waals surface area contributed by atoms with Crippen LogP contribution in [0.15, 0.2) is 24.6 Å². The number of hydrogen-bond donors (Lipinski definition) is 0. The molecule has 0 unspecified atom stereocenters. The molecule has 0 aliphatic rings. The predicted octanol–water partition coefficient (Wildman–Crippen LogP) is 2.83. The van der Waals surface area contributed by atoms with E-state index in [2.05, 4.69) is 0 Å². The molecule has 0 nitrogen and oxygen atoms in total. The highest BCUT2D eigenvalue weighted by molar-refractivity contribution is 4.82. The van der Waals surface area contributed by atoms with E-state index in [0.717, 1.165) is 12.8 Å². The van der Waals surface area contributed by atoms with Gasteiger partial charge in [-0.25, -0.2) is 4.39 Å². The number of rotatable bonds is 3. The van der Waals surface area contributed by atoms with Gasteiger partial charge in [-0.2, -0.15) is 0 Å². The summed E-state index contributed by atoms with van der Waals surface area (Å²) in [5, 5.41) is 0. The van der Waals surface area contributed by atoms with Gasteiger partial charge < -0.3 is 0 Å². The Bertz CT molecular complexity index is 70.4. The second kappa shape index (κ2) is 6.41. The first-order valence-corrected chi connectivity index (χ1v) is 2.78. The molecular weight excluding hydrogens is 103 g/mol. The van der Waals surface area contributed by atoms with Crippen LogP contribution in [0, 0.1) is 0 Å². The van der Waals surface area contributed by atoms with Crippen LogP contribution in [0.1, 0.15) is 19.8 Å². The molecule has 0 bridgehead atoms. The maximum atomic E-state index is 11.2. The molecule has 0 atom stereocenters. The van der Waals surface area contributed by atoms with Crippen LogP contribution in [0.5, 0.6) is 0 Å². The number of hydrogen-bond acceptors (Lipinski definition) is 0. The lowest BCUT2D eigenvalue weighted by Crippen LogP contribution is -1.60. The van der Waals surface area contributed by atoms with E-state index in [0.29, 0.717) is 6.33 Å². The second-order valence-electron chi connectivity index (χ2n) is 1.51. The summed E-state index contributed by atoms with van der Waals surface area (Å²) in [5.74, 6) is 0. The minimum Gasteiger partial charge on any atom is -0.216 e. The van der Waals surface area contributed by atoms with E-state index in [1.54, 1.807) is 0 Å². The molecular formula is C7H11F. The van der Waals surface area contributed by atoms with Gasteiger partial charge in [-0.15, -0.1) is 0 Å². The molecule has 0 fully saturated rings. The summed E-state index contributed by atoms with van der Waals surface area (Å²) in [4.78, 5) is 0. The Morgan fingerprint density at radius 2 is 1.88 bits per heavy atom.